The van der Waals surface area contributed by atoms with Gasteiger partial charge in [-0.2, -0.15) is 0 Å². The molecule has 3 rings (SSSR count). The second kappa shape index (κ2) is 16.2. The van der Waals surface area contributed by atoms with Crippen molar-refractivity contribution in [2.24, 2.45) is 0 Å². The van der Waals surface area contributed by atoms with Crippen LogP contribution in [0, 0.1) is 0 Å². The van der Waals surface area contributed by atoms with Crippen molar-refractivity contribution in [3.05, 3.63) is 105 Å². The summed E-state index contributed by atoms with van der Waals surface area (Å²) in [7, 11) is 0. The van der Waals surface area contributed by atoms with Gasteiger partial charge in [0, 0.05) is 5.92 Å². The van der Waals surface area contributed by atoms with Crippen LogP contribution in [0.15, 0.2) is 54.6 Å². The third-order valence-corrected chi connectivity index (χ3v) is 10.3. The van der Waals surface area contributed by atoms with Crippen molar-refractivity contribution in [2.45, 2.75) is 182 Å². The summed E-state index contributed by atoms with van der Waals surface area (Å²) in [4.78, 5) is 0. The Balaban J connectivity index is 2.34. The van der Waals surface area contributed by atoms with Gasteiger partial charge < -0.3 is 0 Å². The fourth-order valence-corrected chi connectivity index (χ4v) is 6.98. The molecule has 1 atom stereocenters. The Bertz CT molecular complexity index is 1310. The van der Waals surface area contributed by atoms with Crippen LogP contribution in [0.2, 0.25) is 0 Å². The van der Waals surface area contributed by atoms with E-state index in [2.05, 4.69) is 145 Å². The van der Waals surface area contributed by atoms with Crippen LogP contribution in [0.3, 0.4) is 0 Å². The maximum Gasteiger partial charge on any atom is 0.0101 e. The maximum absolute atomic E-state index is 2.62. The van der Waals surface area contributed by atoms with Gasteiger partial charge in [0.05, 0.1) is 0 Å². The molecule has 0 saturated heterocycles. The van der Waals surface area contributed by atoms with Crippen molar-refractivity contribution in [1.29, 1.82) is 0 Å². The predicted molar refractivity (Wildman–Crippen MR) is 206 cm³/mol. The molecular formula is C46H70. The predicted octanol–water partition coefficient (Wildman–Crippen LogP) is 13.9. The van der Waals surface area contributed by atoms with Crippen LogP contribution in [0.5, 0.6) is 0 Å². The van der Waals surface area contributed by atoms with E-state index in [1.165, 1.54) is 61.6 Å². The molecule has 0 aliphatic carbocycles. The highest BCUT2D eigenvalue weighted by Crippen LogP contribution is 2.43. The van der Waals surface area contributed by atoms with Crippen LogP contribution < -0.4 is 0 Å². The first-order valence-electron chi connectivity index (χ1n) is 18.9. The van der Waals surface area contributed by atoms with Crippen molar-refractivity contribution >= 4 is 0 Å². The van der Waals surface area contributed by atoms with Gasteiger partial charge >= 0.3 is 0 Å². The molecule has 0 radical (unpaired) electrons. The molecule has 0 amide bonds. The summed E-state index contributed by atoms with van der Waals surface area (Å²) in [6.45, 7) is 30.9. The molecule has 46 heavy (non-hydrogen) atoms. The first-order chi connectivity index (χ1) is 21.5. The monoisotopic (exact) mass is 623 g/mol. The number of hydrogen-bond donors (Lipinski definition) is 0. The fourth-order valence-electron chi connectivity index (χ4n) is 6.98. The molecule has 0 nitrogen and oxygen atoms in total. The van der Waals surface area contributed by atoms with E-state index in [4.69, 9.17) is 0 Å². The van der Waals surface area contributed by atoms with E-state index in [1.54, 1.807) is 33.4 Å². The average molecular weight is 623 g/mol. The molecule has 0 heterocycles. The maximum atomic E-state index is 2.62. The van der Waals surface area contributed by atoms with Gasteiger partial charge in [-0.15, -0.1) is 0 Å². The fraction of sp³-hybridized carbons (Fsp3) is 0.609. The Hall–Kier alpha value is -2.34. The van der Waals surface area contributed by atoms with Crippen LogP contribution in [0.4, 0.5) is 0 Å². The molecule has 0 N–H and O–H groups in total. The van der Waals surface area contributed by atoms with Crippen LogP contribution in [0.25, 0.3) is 0 Å². The van der Waals surface area contributed by atoms with E-state index in [1.807, 2.05) is 0 Å². The molecule has 0 saturated carbocycles. The van der Waals surface area contributed by atoms with Gasteiger partial charge in [0.15, 0.2) is 0 Å². The zero-order valence-corrected chi connectivity index (χ0v) is 32.4. The standard InChI is InChI=1S/C46H70/c1-14-17-20-34-23-26-37(44(5,6)7)30-40(34)33(4)29-43(41-31-38(45(8,9)10)27-24-35(41)21-18-15-2)42-32-39(46(11,12)13)28-25-36(42)22-19-16-3/h23-28,30-33,43H,14-22,29H2,1-13H3. The minimum Gasteiger partial charge on any atom is -0.0654 e. The Labute approximate surface area is 286 Å². The Kier molecular flexibility index (Phi) is 13.4. The third-order valence-electron chi connectivity index (χ3n) is 10.3. The molecule has 0 spiro atoms. The Morgan fingerprint density at radius 1 is 0.457 bits per heavy atom. The number of hydrogen-bond acceptors (Lipinski definition) is 0. The van der Waals surface area contributed by atoms with Crippen molar-refractivity contribution in [2.75, 3.05) is 0 Å². The molecule has 3 aromatic rings. The van der Waals surface area contributed by atoms with Crippen molar-refractivity contribution in [3.8, 4) is 0 Å². The summed E-state index contributed by atoms with van der Waals surface area (Å²) in [5.41, 5.74) is 14.2. The van der Waals surface area contributed by atoms with E-state index in [0.29, 0.717) is 11.8 Å². The Morgan fingerprint density at radius 2 is 0.761 bits per heavy atom. The number of rotatable bonds is 14. The van der Waals surface area contributed by atoms with Gasteiger partial charge in [-0.1, -0.05) is 164 Å². The highest BCUT2D eigenvalue weighted by molar-refractivity contribution is 5.48. The topological polar surface area (TPSA) is 0 Å². The molecule has 0 aliphatic rings. The van der Waals surface area contributed by atoms with Crippen LogP contribution in [0.1, 0.15) is 197 Å². The minimum atomic E-state index is 0.112. The molecule has 3 aromatic carbocycles. The van der Waals surface area contributed by atoms with Gasteiger partial charge in [-0.25, -0.2) is 0 Å². The first-order valence-corrected chi connectivity index (χ1v) is 18.9. The average Bonchev–Trinajstić information content (AvgIpc) is 2.99. The number of aryl methyl sites for hydroxylation is 3. The van der Waals surface area contributed by atoms with E-state index < -0.39 is 0 Å². The summed E-state index contributed by atoms with van der Waals surface area (Å²) in [6, 6.07) is 22.5. The summed E-state index contributed by atoms with van der Waals surface area (Å²) < 4.78 is 0. The van der Waals surface area contributed by atoms with Gasteiger partial charge in [0.1, 0.15) is 0 Å². The number of benzene rings is 3. The summed E-state index contributed by atoms with van der Waals surface area (Å²) >= 11 is 0. The zero-order chi connectivity index (χ0) is 34.3. The molecule has 254 valence electrons. The van der Waals surface area contributed by atoms with Gasteiger partial charge in [0.2, 0.25) is 0 Å². The summed E-state index contributed by atoms with van der Waals surface area (Å²) in [5, 5.41) is 0. The molecule has 0 bridgehead atoms. The summed E-state index contributed by atoms with van der Waals surface area (Å²) in [6.07, 6.45) is 12.0. The lowest BCUT2D eigenvalue weighted by atomic mass is 9.73. The second-order valence-electron chi connectivity index (χ2n) is 17.5. The number of unbranched alkanes of at least 4 members (excludes halogenated alkanes) is 3. The van der Waals surface area contributed by atoms with Crippen LogP contribution in [-0.4, -0.2) is 0 Å². The highest BCUT2D eigenvalue weighted by Gasteiger charge is 2.28. The lowest BCUT2D eigenvalue weighted by molar-refractivity contribution is 0.567. The largest absolute Gasteiger partial charge is 0.0654 e. The second-order valence-corrected chi connectivity index (χ2v) is 17.5. The smallest absolute Gasteiger partial charge is 0.0101 e. The Morgan fingerprint density at radius 3 is 1.07 bits per heavy atom. The van der Waals surface area contributed by atoms with Crippen LogP contribution in [-0.2, 0) is 35.5 Å². The SMILES string of the molecule is CCCCc1ccc(C(C)(C)C)cc1C(C)CC(c1cc(C(C)(C)C)ccc1CCCC)c1cc(C(C)(C)C)ccc1CCCC. The highest BCUT2D eigenvalue weighted by atomic mass is 14.3. The van der Waals surface area contributed by atoms with E-state index in [9.17, 15) is 0 Å². The van der Waals surface area contributed by atoms with Gasteiger partial charge in [0.25, 0.3) is 0 Å². The molecular weight excluding hydrogens is 553 g/mol. The van der Waals surface area contributed by atoms with E-state index >= 15 is 0 Å². The normalized spacial score (nSPS) is 13.4. The zero-order valence-electron chi connectivity index (χ0n) is 32.4. The van der Waals surface area contributed by atoms with Crippen molar-refractivity contribution in [1.82, 2.24) is 0 Å². The van der Waals surface area contributed by atoms with Crippen LogP contribution >= 0.6 is 0 Å². The van der Waals surface area contributed by atoms with Crippen molar-refractivity contribution < 1.29 is 0 Å². The van der Waals surface area contributed by atoms with Gasteiger partial charge in [-0.05, 0) is 117 Å². The lowest BCUT2D eigenvalue weighted by Crippen LogP contribution is -2.18. The van der Waals surface area contributed by atoms with E-state index in [-0.39, 0.29) is 16.2 Å². The molecule has 0 aliphatic heterocycles. The molecule has 0 fully saturated rings. The summed E-state index contributed by atoms with van der Waals surface area (Å²) in [5.74, 6) is 0.810. The van der Waals surface area contributed by atoms with Crippen molar-refractivity contribution in [3.63, 3.8) is 0 Å². The lowest BCUT2D eigenvalue weighted by Gasteiger charge is -2.32. The van der Waals surface area contributed by atoms with Gasteiger partial charge in [-0.3, -0.25) is 0 Å². The quantitative estimate of drug-likeness (QED) is 0.168. The molecule has 0 aromatic heterocycles. The van der Waals surface area contributed by atoms with E-state index in [0.717, 1.165) is 19.3 Å². The molecule has 1 unspecified atom stereocenters. The molecule has 0 heteroatoms. The first kappa shape index (κ1) is 38.1. The third kappa shape index (κ3) is 10.1. The minimum absolute atomic E-state index is 0.112.